The van der Waals surface area contributed by atoms with Gasteiger partial charge in [0.15, 0.2) is 0 Å². The summed E-state index contributed by atoms with van der Waals surface area (Å²) in [5, 5.41) is 6.56. The van der Waals surface area contributed by atoms with Gasteiger partial charge in [0.25, 0.3) is 0 Å². The van der Waals surface area contributed by atoms with Crippen molar-refractivity contribution in [1.82, 2.24) is 10.2 Å². The zero-order valence-electron chi connectivity index (χ0n) is 12.6. The Balaban J connectivity index is 1.65. The van der Waals surface area contributed by atoms with Crippen molar-refractivity contribution in [2.75, 3.05) is 0 Å². The predicted molar refractivity (Wildman–Crippen MR) is 85.4 cm³/mol. The van der Waals surface area contributed by atoms with E-state index >= 15 is 0 Å². The van der Waals surface area contributed by atoms with Crippen molar-refractivity contribution in [2.45, 2.75) is 6.61 Å². The molecule has 0 bridgehead atoms. The molecule has 0 fully saturated rings. The van der Waals surface area contributed by atoms with E-state index in [0.717, 1.165) is 0 Å². The molecule has 0 saturated heterocycles. The van der Waals surface area contributed by atoms with Gasteiger partial charge in [-0.05, 0) is 36.4 Å². The van der Waals surface area contributed by atoms with Gasteiger partial charge in [-0.3, -0.25) is 5.10 Å². The van der Waals surface area contributed by atoms with Crippen molar-refractivity contribution >= 4 is 10.5 Å². The largest absolute Gasteiger partial charge is 0.489 e. The van der Waals surface area contributed by atoms with Crippen LogP contribution in [-0.4, -0.2) is 18.6 Å². The zero-order chi connectivity index (χ0) is 17.9. The minimum atomic E-state index is -5.07. The molecule has 0 atom stereocenters. The Labute approximate surface area is 142 Å². The third-order valence-electron chi connectivity index (χ3n) is 3.28. The molecule has 3 aromatic rings. The lowest BCUT2D eigenvalue weighted by Crippen LogP contribution is -2.01. The molecule has 1 N–H and O–H groups in total. The van der Waals surface area contributed by atoms with Crippen LogP contribution in [0.1, 0.15) is 5.56 Å². The summed E-state index contributed by atoms with van der Waals surface area (Å²) in [5.41, 5.74) is 1.70. The minimum Gasteiger partial charge on any atom is -0.489 e. The molecule has 0 saturated carbocycles. The van der Waals surface area contributed by atoms with E-state index in [0.29, 0.717) is 22.6 Å². The van der Waals surface area contributed by atoms with E-state index in [-0.39, 0.29) is 12.4 Å². The first-order valence-corrected chi connectivity index (χ1v) is 8.37. The smallest absolute Gasteiger partial charge is 0.488 e. The summed E-state index contributed by atoms with van der Waals surface area (Å²) in [4.78, 5) is 0. The van der Waals surface area contributed by atoms with Gasteiger partial charge in [0.1, 0.15) is 23.9 Å². The van der Waals surface area contributed by atoms with Crippen molar-refractivity contribution in [3.05, 3.63) is 66.1 Å². The number of nitrogens with zero attached hydrogens (tertiary/aromatic N) is 1. The number of hydrogen-bond acceptors (Lipinski definition) is 5. The molecule has 130 valence electrons. The Morgan fingerprint density at radius 1 is 1.04 bits per heavy atom. The third kappa shape index (κ3) is 4.54. The average molecular weight is 366 g/mol. The minimum absolute atomic E-state index is 0.0310. The molecule has 0 amide bonds. The van der Waals surface area contributed by atoms with Crippen LogP contribution >= 0.6 is 0 Å². The SMILES string of the molecule is O=S(=O)(F)Oc1ccc(OCc2ccc(-c3ccn[nH]3)cc2F)cc1. The lowest BCUT2D eigenvalue weighted by Gasteiger charge is -2.09. The van der Waals surface area contributed by atoms with Crippen molar-refractivity contribution < 1.29 is 25.6 Å². The van der Waals surface area contributed by atoms with Gasteiger partial charge in [-0.2, -0.15) is 13.5 Å². The summed E-state index contributed by atoms with van der Waals surface area (Å²) in [7, 11) is -5.07. The summed E-state index contributed by atoms with van der Waals surface area (Å²) in [6, 6.07) is 11.7. The monoisotopic (exact) mass is 366 g/mol. The molecule has 25 heavy (non-hydrogen) atoms. The van der Waals surface area contributed by atoms with Gasteiger partial charge in [-0.15, -0.1) is 0 Å². The molecular formula is C16H12F2N2O4S. The molecule has 0 aliphatic rings. The number of benzene rings is 2. The molecule has 1 aromatic heterocycles. The second-order valence-corrected chi connectivity index (χ2v) is 5.97. The van der Waals surface area contributed by atoms with Crippen LogP contribution in [-0.2, 0) is 17.1 Å². The maximum atomic E-state index is 14.2. The Morgan fingerprint density at radius 2 is 1.76 bits per heavy atom. The molecule has 0 unspecified atom stereocenters. The Bertz CT molecular complexity index is 958. The summed E-state index contributed by atoms with van der Waals surface area (Å²) >= 11 is 0. The molecule has 3 rings (SSSR count). The number of aromatic nitrogens is 2. The topological polar surface area (TPSA) is 81.3 Å². The van der Waals surface area contributed by atoms with Crippen LogP contribution in [0.4, 0.5) is 8.28 Å². The number of rotatable bonds is 6. The molecule has 1 heterocycles. The van der Waals surface area contributed by atoms with Crippen LogP contribution in [0.15, 0.2) is 54.7 Å². The average Bonchev–Trinajstić information content (AvgIpc) is 3.08. The van der Waals surface area contributed by atoms with Gasteiger partial charge in [0, 0.05) is 17.3 Å². The lowest BCUT2D eigenvalue weighted by molar-refractivity contribution is 0.299. The highest BCUT2D eigenvalue weighted by Crippen LogP contribution is 2.23. The van der Waals surface area contributed by atoms with Gasteiger partial charge in [0.2, 0.25) is 0 Å². The summed E-state index contributed by atoms with van der Waals surface area (Å²) < 4.78 is 56.8. The number of halogens is 2. The van der Waals surface area contributed by atoms with Crippen LogP contribution in [0.3, 0.4) is 0 Å². The molecule has 0 spiro atoms. The normalized spacial score (nSPS) is 11.3. The van der Waals surface area contributed by atoms with E-state index in [4.69, 9.17) is 4.74 Å². The van der Waals surface area contributed by atoms with Gasteiger partial charge < -0.3 is 8.92 Å². The van der Waals surface area contributed by atoms with E-state index in [2.05, 4.69) is 14.4 Å². The highest BCUT2D eigenvalue weighted by Gasteiger charge is 2.10. The lowest BCUT2D eigenvalue weighted by atomic mass is 10.1. The van der Waals surface area contributed by atoms with Crippen LogP contribution in [0, 0.1) is 5.82 Å². The molecule has 6 nitrogen and oxygen atoms in total. The maximum Gasteiger partial charge on any atom is 0.488 e. The summed E-state index contributed by atoms with van der Waals surface area (Å²) in [6.07, 6.45) is 1.58. The number of aromatic amines is 1. The first kappa shape index (κ1) is 16.9. The first-order chi connectivity index (χ1) is 11.9. The Morgan fingerprint density at radius 3 is 2.36 bits per heavy atom. The molecular weight excluding hydrogens is 354 g/mol. The second-order valence-electron chi connectivity index (χ2n) is 5.01. The van der Waals surface area contributed by atoms with Crippen LogP contribution in [0.5, 0.6) is 11.5 Å². The van der Waals surface area contributed by atoms with E-state index in [1.54, 1.807) is 24.4 Å². The van der Waals surface area contributed by atoms with Crippen molar-refractivity contribution in [3.8, 4) is 22.8 Å². The molecule has 0 aliphatic carbocycles. The predicted octanol–water partition coefficient (Wildman–Crippen LogP) is 3.39. The highest BCUT2D eigenvalue weighted by molar-refractivity contribution is 7.81. The Hall–Kier alpha value is -2.94. The highest BCUT2D eigenvalue weighted by atomic mass is 32.3. The first-order valence-electron chi connectivity index (χ1n) is 7.06. The van der Waals surface area contributed by atoms with E-state index in [1.807, 2.05) is 0 Å². The third-order valence-corrected chi connectivity index (χ3v) is 3.67. The Kier molecular flexibility index (Phi) is 4.66. The fraction of sp³-hybridized carbons (Fsp3) is 0.0625. The standard InChI is InChI=1S/C16H12F2N2O4S/c17-15-9-11(16-7-8-19-20-16)1-2-12(15)10-23-13-3-5-14(6-4-13)24-25(18,21)22/h1-9H,10H2,(H,19,20). The number of ether oxygens (including phenoxy) is 1. The fourth-order valence-electron chi connectivity index (χ4n) is 2.12. The quantitative estimate of drug-likeness (QED) is 0.677. The van der Waals surface area contributed by atoms with Crippen LogP contribution in [0.2, 0.25) is 0 Å². The summed E-state index contributed by atoms with van der Waals surface area (Å²) in [5.74, 6) is -0.277. The van der Waals surface area contributed by atoms with Crippen molar-refractivity contribution in [1.29, 1.82) is 0 Å². The molecule has 0 aliphatic heterocycles. The maximum absolute atomic E-state index is 14.2. The molecule has 9 heteroatoms. The van der Waals surface area contributed by atoms with Crippen LogP contribution < -0.4 is 8.92 Å². The van der Waals surface area contributed by atoms with E-state index in [9.17, 15) is 16.7 Å². The number of hydrogen-bond donors (Lipinski definition) is 1. The van der Waals surface area contributed by atoms with Gasteiger partial charge in [-0.25, -0.2) is 4.39 Å². The zero-order valence-corrected chi connectivity index (χ0v) is 13.5. The van der Waals surface area contributed by atoms with E-state index < -0.39 is 16.3 Å². The van der Waals surface area contributed by atoms with Gasteiger partial charge >= 0.3 is 10.5 Å². The van der Waals surface area contributed by atoms with Crippen molar-refractivity contribution in [2.24, 2.45) is 0 Å². The molecule has 0 radical (unpaired) electrons. The number of H-pyrrole nitrogens is 1. The fourth-order valence-corrected chi connectivity index (χ4v) is 2.46. The van der Waals surface area contributed by atoms with E-state index in [1.165, 1.54) is 30.3 Å². The van der Waals surface area contributed by atoms with Gasteiger partial charge in [-0.1, -0.05) is 16.0 Å². The van der Waals surface area contributed by atoms with Gasteiger partial charge in [0.05, 0.1) is 5.69 Å². The second kappa shape index (κ2) is 6.89. The summed E-state index contributed by atoms with van der Waals surface area (Å²) in [6.45, 7) is -0.0310. The van der Waals surface area contributed by atoms with Crippen LogP contribution in [0.25, 0.3) is 11.3 Å². The molecule has 2 aromatic carbocycles. The van der Waals surface area contributed by atoms with Crippen molar-refractivity contribution in [3.63, 3.8) is 0 Å². The number of nitrogens with one attached hydrogen (secondary N) is 1.